The molecule has 3 rings (SSSR count). The number of methoxy groups -OCH3 is 1. The molecule has 2 heterocycles. The second-order valence-corrected chi connectivity index (χ2v) is 11.5. The smallest absolute Gasteiger partial charge is 0.341 e. The Morgan fingerprint density at radius 3 is 2.69 bits per heavy atom. The van der Waals surface area contributed by atoms with Crippen LogP contribution in [0.15, 0.2) is 0 Å². The van der Waals surface area contributed by atoms with Gasteiger partial charge in [-0.1, -0.05) is 13.8 Å². The fraction of sp³-hybridized carbons (Fsp3) is 0.700. The van der Waals surface area contributed by atoms with Gasteiger partial charge in [0.2, 0.25) is 5.91 Å². The van der Waals surface area contributed by atoms with Crippen LogP contribution in [-0.4, -0.2) is 62.9 Å². The Kier molecular flexibility index (Phi) is 7.01. The minimum Gasteiger partial charge on any atom is -0.465 e. The van der Waals surface area contributed by atoms with Gasteiger partial charge in [0.15, 0.2) is 9.84 Å². The van der Waals surface area contributed by atoms with E-state index in [0.717, 1.165) is 36.1 Å². The van der Waals surface area contributed by atoms with E-state index < -0.39 is 15.8 Å². The predicted molar refractivity (Wildman–Crippen MR) is 114 cm³/mol. The Labute approximate surface area is 176 Å². The molecule has 1 aliphatic carbocycles. The first-order valence-electron chi connectivity index (χ1n) is 10.2. The maximum atomic E-state index is 12.8. The van der Waals surface area contributed by atoms with Crippen molar-refractivity contribution in [3.63, 3.8) is 0 Å². The van der Waals surface area contributed by atoms with Crippen LogP contribution in [0.4, 0.5) is 5.00 Å². The van der Waals surface area contributed by atoms with Gasteiger partial charge in [-0.25, -0.2) is 13.2 Å². The molecule has 0 radical (unpaired) electrons. The molecule has 0 saturated carbocycles. The Bertz CT molecular complexity index is 878. The minimum atomic E-state index is -3.01. The number of hydrogen-bond donors (Lipinski definition) is 1. The number of carbonyl (C=O) groups is 2. The summed E-state index contributed by atoms with van der Waals surface area (Å²) in [7, 11) is -1.66. The van der Waals surface area contributed by atoms with Gasteiger partial charge in [-0.3, -0.25) is 9.69 Å². The summed E-state index contributed by atoms with van der Waals surface area (Å²) in [5, 5.41) is 3.47. The lowest BCUT2D eigenvalue weighted by Crippen LogP contribution is -2.42. The van der Waals surface area contributed by atoms with Gasteiger partial charge in [0.1, 0.15) is 5.00 Å². The molecular formula is C20H30N2O5S2. The maximum absolute atomic E-state index is 12.8. The van der Waals surface area contributed by atoms with Crippen LogP contribution >= 0.6 is 11.3 Å². The number of nitrogens with one attached hydrogen (secondary N) is 1. The Morgan fingerprint density at radius 1 is 1.31 bits per heavy atom. The molecule has 2 atom stereocenters. The van der Waals surface area contributed by atoms with Crippen LogP contribution in [0.1, 0.15) is 53.9 Å². The van der Waals surface area contributed by atoms with Gasteiger partial charge in [-0.05, 0) is 50.1 Å². The lowest BCUT2D eigenvalue weighted by Gasteiger charge is -2.26. The SMILES string of the molecule is CCCN(CC(=O)Nc1sc2c(c1C(=O)OC)CCC(C)C2)C1CCS(=O)(=O)C1. The Balaban J connectivity index is 1.76. The number of carbonyl (C=O) groups excluding carboxylic acids is 2. The standard InChI is InChI=1S/C20H30N2O5S2/c1-4-8-22(14-7-9-29(25,26)12-14)11-17(23)21-19-18(20(24)27-3)15-6-5-13(2)10-16(15)28-19/h13-14H,4-12H2,1-3H3,(H,21,23). The molecule has 1 N–H and O–H groups in total. The quantitative estimate of drug-likeness (QED) is 0.652. The summed E-state index contributed by atoms with van der Waals surface area (Å²) in [6, 6.07) is -0.122. The molecule has 0 spiro atoms. The number of rotatable bonds is 7. The molecule has 9 heteroatoms. The topological polar surface area (TPSA) is 92.8 Å². The van der Waals surface area contributed by atoms with Gasteiger partial charge < -0.3 is 10.1 Å². The summed E-state index contributed by atoms with van der Waals surface area (Å²) in [6.45, 7) is 4.98. The molecule has 2 aliphatic rings. The number of esters is 1. The van der Waals surface area contributed by atoms with Crippen molar-refractivity contribution in [2.24, 2.45) is 5.92 Å². The zero-order chi connectivity index (χ0) is 21.2. The normalized spacial score (nSPS) is 23.0. The lowest BCUT2D eigenvalue weighted by atomic mass is 9.88. The molecular weight excluding hydrogens is 412 g/mol. The second-order valence-electron chi connectivity index (χ2n) is 8.12. The van der Waals surface area contributed by atoms with Crippen molar-refractivity contribution in [2.45, 2.75) is 52.0 Å². The summed E-state index contributed by atoms with van der Waals surface area (Å²) in [5.41, 5.74) is 1.49. The number of ether oxygens (including phenoxy) is 1. The number of anilines is 1. The van der Waals surface area contributed by atoms with E-state index in [4.69, 9.17) is 4.74 Å². The average Bonchev–Trinajstić information content (AvgIpc) is 3.19. The van der Waals surface area contributed by atoms with E-state index in [1.54, 1.807) is 0 Å². The third kappa shape index (κ3) is 5.19. The monoisotopic (exact) mass is 442 g/mol. The largest absolute Gasteiger partial charge is 0.465 e. The molecule has 1 fully saturated rings. The highest BCUT2D eigenvalue weighted by molar-refractivity contribution is 7.91. The third-order valence-electron chi connectivity index (χ3n) is 5.74. The van der Waals surface area contributed by atoms with Gasteiger partial charge in [-0.2, -0.15) is 0 Å². The van der Waals surface area contributed by atoms with Crippen LogP contribution in [0, 0.1) is 5.92 Å². The molecule has 1 amide bonds. The fourth-order valence-corrected chi connectivity index (χ4v) is 7.43. The predicted octanol–water partition coefficient (Wildman–Crippen LogP) is 2.50. The minimum absolute atomic E-state index is 0.110. The van der Waals surface area contributed by atoms with Gasteiger partial charge in [0.25, 0.3) is 0 Å². The van der Waals surface area contributed by atoms with Crippen molar-refractivity contribution < 1.29 is 22.7 Å². The van der Waals surface area contributed by atoms with Crippen LogP contribution in [0.3, 0.4) is 0 Å². The molecule has 0 bridgehead atoms. The summed E-state index contributed by atoms with van der Waals surface area (Å²) >= 11 is 1.46. The third-order valence-corrected chi connectivity index (χ3v) is 8.66. The summed E-state index contributed by atoms with van der Waals surface area (Å²) < 4.78 is 28.7. The number of hydrogen-bond acceptors (Lipinski definition) is 7. The van der Waals surface area contributed by atoms with E-state index in [9.17, 15) is 18.0 Å². The zero-order valence-electron chi connectivity index (χ0n) is 17.3. The summed E-state index contributed by atoms with van der Waals surface area (Å²) in [5.74, 6) is 0.208. The van der Waals surface area contributed by atoms with Gasteiger partial charge in [-0.15, -0.1) is 11.3 Å². The van der Waals surface area contributed by atoms with Gasteiger partial charge in [0, 0.05) is 10.9 Å². The summed E-state index contributed by atoms with van der Waals surface area (Å²) in [6.07, 6.45) is 4.13. The van der Waals surface area contributed by atoms with Crippen molar-refractivity contribution in [1.82, 2.24) is 4.90 Å². The lowest BCUT2D eigenvalue weighted by molar-refractivity contribution is -0.117. The molecule has 2 unspecified atom stereocenters. The van der Waals surface area contributed by atoms with Crippen LogP contribution in [0.25, 0.3) is 0 Å². The van der Waals surface area contributed by atoms with Crippen molar-refractivity contribution in [1.29, 1.82) is 0 Å². The molecule has 1 aromatic heterocycles. The number of thiophene rings is 1. The summed E-state index contributed by atoms with van der Waals surface area (Å²) in [4.78, 5) is 28.3. The van der Waals surface area contributed by atoms with Crippen LogP contribution < -0.4 is 5.32 Å². The molecule has 162 valence electrons. The molecule has 1 aliphatic heterocycles. The van der Waals surface area contributed by atoms with E-state index >= 15 is 0 Å². The molecule has 1 saturated heterocycles. The van der Waals surface area contributed by atoms with E-state index in [-0.39, 0.29) is 30.0 Å². The number of nitrogens with zero attached hydrogens (tertiary/aromatic N) is 1. The van der Waals surface area contributed by atoms with E-state index in [1.165, 1.54) is 18.4 Å². The maximum Gasteiger partial charge on any atom is 0.341 e. The number of amides is 1. The highest BCUT2D eigenvalue weighted by atomic mass is 32.2. The highest BCUT2D eigenvalue weighted by Gasteiger charge is 2.33. The molecule has 7 nitrogen and oxygen atoms in total. The first kappa shape index (κ1) is 22.2. The molecule has 29 heavy (non-hydrogen) atoms. The van der Waals surface area contributed by atoms with E-state index in [2.05, 4.69) is 12.2 Å². The second kappa shape index (κ2) is 9.14. The fourth-order valence-electron chi connectivity index (χ4n) is 4.25. The zero-order valence-corrected chi connectivity index (χ0v) is 19.0. The Hall–Kier alpha value is -1.45. The first-order valence-corrected chi connectivity index (χ1v) is 12.8. The van der Waals surface area contributed by atoms with Crippen molar-refractivity contribution in [2.75, 3.05) is 37.0 Å². The van der Waals surface area contributed by atoms with Crippen LogP contribution in [0.2, 0.25) is 0 Å². The Morgan fingerprint density at radius 2 is 2.07 bits per heavy atom. The van der Waals surface area contributed by atoms with Crippen molar-refractivity contribution in [3.05, 3.63) is 16.0 Å². The van der Waals surface area contributed by atoms with Crippen molar-refractivity contribution in [3.8, 4) is 0 Å². The van der Waals surface area contributed by atoms with E-state index in [0.29, 0.717) is 29.4 Å². The van der Waals surface area contributed by atoms with Crippen LogP contribution in [0.5, 0.6) is 0 Å². The van der Waals surface area contributed by atoms with Crippen molar-refractivity contribution >= 4 is 38.1 Å². The highest BCUT2D eigenvalue weighted by Crippen LogP contribution is 2.40. The average molecular weight is 443 g/mol. The number of sulfone groups is 1. The number of fused-ring (bicyclic) bond motifs is 1. The first-order chi connectivity index (χ1) is 13.7. The van der Waals surface area contributed by atoms with Gasteiger partial charge >= 0.3 is 5.97 Å². The van der Waals surface area contributed by atoms with E-state index in [1.807, 2.05) is 11.8 Å². The van der Waals surface area contributed by atoms with Gasteiger partial charge in [0.05, 0.1) is 30.7 Å². The molecule has 1 aromatic rings. The van der Waals surface area contributed by atoms with Crippen LogP contribution in [-0.2, 0) is 32.2 Å². The molecule has 0 aromatic carbocycles.